The molecule has 0 saturated carbocycles. The quantitative estimate of drug-likeness (QED) is 0.394. The Morgan fingerprint density at radius 3 is 1.84 bits per heavy atom. The Hall–Kier alpha value is -2.01. The maximum Gasteiger partial charge on any atom is 0.349 e. The lowest BCUT2D eigenvalue weighted by atomic mass is 10.1. The smallest absolute Gasteiger partial charge is 0.349 e. The van der Waals surface area contributed by atoms with Crippen LogP contribution in [0.3, 0.4) is 0 Å². The van der Waals surface area contributed by atoms with Gasteiger partial charge in [0.05, 0.1) is 6.42 Å². The van der Waals surface area contributed by atoms with Gasteiger partial charge in [0, 0.05) is 12.8 Å². The van der Waals surface area contributed by atoms with Gasteiger partial charge in [0.1, 0.15) is 0 Å². The molecule has 0 spiro atoms. The van der Waals surface area contributed by atoms with E-state index >= 15 is 0 Å². The first kappa shape index (κ1) is 15.0. The monoisotopic (exact) mass is 295 g/mol. The van der Waals surface area contributed by atoms with Gasteiger partial charge in [0.2, 0.25) is 11.8 Å². The fraction of sp³-hybridized carbons (Fsp3) is 0.500. The number of amides is 2. The molecule has 1 aliphatic heterocycles. The van der Waals surface area contributed by atoms with E-state index in [0.29, 0.717) is 0 Å². The molecule has 10 nitrogen and oxygen atoms in total. The van der Waals surface area contributed by atoms with E-state index in [4.69, 9.17) is 14.8 Å². The number of carboxylic acids is 2. The largest absolute Gasteiger partial charge is 0.481 e. The molecule has 1 heterocycles. The zero-order valence-electron chi connectivity index (χ0n) is 9.27. The van der Waals surface area contributed by atoms with Gasteiger partial charge >= 0.3 is 22.1 Å². The second-order valence-electron chi connectivity index (χ2n) is 3.76. The van der Waals surface area contributed by atoms with Crippen LogP contribution in [0.2, 0.25) is 0 Å². The van der Waals surface area contributed by atoms with Crippen molar-refractivity contribution in [1.29, 1.82) is 0 Å². The first-order valence-corrected chi connectivity index (χ1v) is 6.26. The number of nitrogens with zero attached hydrogens (tertiary/aromatic N) is 1. The maximum absolute atomic E-state index is 11.4. The summed E-state index contributed by atoms with van der Waals surface area (Å²) in [6.07, 6.45) is -2.56. The fourth-order valence-electron chi connectivity index (χ4n) is 1.75. The molecule has 1 rings (SSSR count). The van der Waals surface area contributed by atoms with Gasteiger partial charge in [-0.15, -0.1) is 0 Å². The highest BCUT2D eigenvalue weighted by molar-refractivity contribution is 7.88. The summed E-state index contributed by atoms with van der Waals surface area (Å²) in [4.78, 5) is 40.9. The van der Waals surface area contributed by atoms with Crippen LogP contribution in [0.15, 0.2) is 0 Å². The topological polar surface area (TPSA) is 166 Å². The van der Waals surface area contributed by atoms with Crippen LogP contribution in [-0.4, -0.2) is 56.7 Å². The molecule has 11 heteroatoms. The van der Waals surface area contributed by atoms with Gasteiger partial charge in [-0.25, -0.2) is 9.69 Å². The second-order valence-corrected chi connectivity index (χ2v) is 5.38. The third-order valence-electron chi connectivity index (χ3n) is 2.56. The van der Waals surface area contributed by atoms with Crippen molar-refractivity contribution in [3.05, 3.63) is 0 Å². The number of hydrogen-bond acceptors (Lipinski definition) is 6. The second kappa shape index (κ2) is 4.59. The Labute approximate surface area is 106 Å². The van der Waals surface area contributed by atoms with Crippen LogP contribution >= 0.6 is 0 Å². The van der Waals surface area contributed by atoms with Crippen LogP contribution in [0.5, 0.6) is 0 Å². The Bertz CT molecular complexity index is 549. The van der Waals surface area contributed by atoms with Crippen molar-refractivity contribution >= 4 is 33.9 Å². The molecule has 106 valence electrons. The number of carbonyl (C=O) groups excluding carboxylic acids is 2. The van der Waals surface area contributed by atoms with Gasteiger partial charge in [0.25, 0.3) is 4.87 Å². The van der Waals surface area contributed by atoms with E-state index in [2.05, 4.69) is 0 Å². The first-order valence-electron chi connectivity index (χ1n) is 4.82. The van der Waals surface area contributed by atoms with Crippen molar-refractivity contribution in [2.24, 2.45) is 0 Å². The summed E-state index contributed by atoms with van der Waals surface area (Å²) in [6.45, 7) is 0. The fourth-order valence-corrected chi connectivity index (χ4v) is 2.71. The first-order chi connectivity index (χ1) is 8.54. The number of imide groups is 1. The summed E-state index contributed by atoms with van der Waals surface area (Å²) in [5.74, 6) is -6.58. The lowest BCUT2D eigenvalue weighted by Gasteiger charge is -2.32. The Morgan fingerprint density at radius 1 is 1.16 bits per heavy atom. The highest BCUT2D eigenvalue weighted by Gasteiger charge is 2.62. The van der Waals surface area contributed by atoms with Crippen molar-refractivity contribution in [3.8, 4) is 0 Å². The van der Waals surface area contributed by atoms with E-state index in [1.54, 1.807) is 0 Å². The molecule has 1 unspecified atom stereocenters. The number of aliphatic carboxylic acids is 2. The van der Waals surface area contributed by atoms with Crippen LogP contribution in [0.4, 0.5) is 0 Å². The van der Waals surface area contributed by atoms with Gasteiger partial charge in [-0.2, -0.15) is 8.42 Å². The summed E-state index contributed by atoms with van der Waals surface area (Å²) >= 11 is 0. The average Bonchev–Trinajstić information content (AvgIpc) is 2.53. The van der Waals surface area contributed by atoms with Gasteiger partial charge in [-0.05, 0) is 0 Å². The van der Waals surface area contributed by atoms with E-state index in [0.717, 1.165) is 0 Å². The van der Waals surface area contributed by atoms with Crippen molar-refractivity contribution < 1.29 is 42.4 Å². The van der Waals surface area contributed by atoms with Gasteiger partial charge < -0.3 is 10.2 Å². The molecular formula is C8H9NO9S. The average molecular weight is 295 g/mol. The van der Waals surface area contributed by atoms with Crippen molar-refractivity contribution in [2.45, 2.75) is 24.1 Å². The molecule has 0 aromatic rings. The molecule has 2 amide bonds. The summed E-state index contributed by atoms with van der Waals surface area (Å²) in [5, 5.41) is 17.6. The summed E-state index contributed by atoms with van der Waals surface area (Å²) in [6, 6.07) is 0. The van der Waals surface area contributed by atoms with Crippen molar-refractivity contribution in [1.82, 2.24) is 4.90 Å². The zero-order chi connectivity index (χ0) is 15.0. The molecule has 1 saturated heterocycles. The molecule has 0 radical (unpaired) electrons. The Balaban J connectivity index is 3.57. The van der Waals surface area contributed by atoms with E-state index in [1.165, 1.54) is 0 Å². The molecular weight excluding hydrogens is 286 g/mol. The van der Waals surface area contributed by atoms with E-state index in [1.807, 2.05) is 0 Å². The SMILES string of the molecule is O=C(O)CC(C(=O)O)(N1C(=O)CCC1=O)S(=O)(=O)O. The zero-order valence-corrected chi connectivity index (χ0v) is 10.1. The predicted octanol–water partition coefficient (Wildman–Crippen LogP) is -1.72. The molecule has 0 aromatic carbocycles. The van der Waals surface area contributed by atoms with E-state index in [-0.39, 0.29) is 4.90 Å². The standard InChI is InChI=1S/C8H9NO9S/c10-4-1-2-5(11)9(4)8(7(14)15,3-6(12)13)19(16,17)18/h1-3H2,(H,12,13)(H,14,15)(H,16,17,18). The van der Waals surface area contributed by atoms with Crippen molar-refractivity contribution in [3.63, 3.8) is 0 Å². The maximum atomic E-state index is 11.4. The molecule has 1 aliphatic rings. The lowest BCUT2D eigenvalue weighted by molar-refractivity contribution is -0.160. The molecule has 1 atom stereocenters. The van der Waals surface area contributed by atoms with Gasteiger partial charge in [-0.1, -0.05) is 0 Å². The molecule has 19 heavy (non-hydrogen) atoms. The number of carbonyl (C=O) groups is 4. The minimum atomic E-state index is -5.57. The highest BCUT2D eigenvalue weighted by Crippen LogP contribution is 2.32. The normalized spacial score (nSPS) is 19.3. The van der Waals surface area contributed by atoms with Crippen LogP contribution in [0.1, 0.15) is 19.3 Å². The van der Waals surface area contributed by atoms with Crippen molar-refractivity contribution in [2.75, 3.05) is 0 Å². The summed E-state index contributed by atoms with van der Waals surface area (Å²) in [5.41, 5.74) is 0. The van der Waals surface area contributed by atoms with E-state index in [9.17, 15) is 27.6 Å². The van der Waals surface area contributed by atoms with E-state index < -0.39 is 58.0 Å². The third-order valence-corrected chi connectivity index (χ3v) is 3.92. The van der Waals surface area contributed by atoms with Crippen LogP contribution in [0.25, 0.3) is 0 Å². The molecule has 0 aliphatic carbocycles. The Kier molecular flexibility index (Phi) is 3.63. The summed E-state index contributed by atoms with van der Waals surface area (Å²) in [7, 11) is -5.57. The highest BCUT2D eigenvalue weighted by atomic mass is 32.2. The molecule has 3 N–H and O–H groups in total. The lowest BCUT2D eigenvalue weighted by Crippen LogP contribution is -2.62. The molecule has 1 fully saturated rings. The minimum Gasteiger partial charge on any atom is -0.481 e. The Morgan fingerprint density at radius 2 is 1.58 bits per heavy atom. The molecule has 0 bridgehead atoms. The van der Waals surface area contributed by atoms with Gasteiger partial charge in [0.15, 0.2) is 0 Å². The summed E-state index contributed by atoms with van der Waals surface area (Å²) < 4.78 is 31.6. The molecule has 0 aromatic heterocycles. The number of hydrogen-bond donors (Lipinski definition) is 3. The van der Waals surface area contributed by atoms with Crippen LogP contribution in [-0.2, 0) is 29.3 Å². The van der Waals surface area contributed by atoms with Crippen LogP contribution in [0, 0.1) is 0 Å². The minimum absolute atomic E-state index is 0.210. The third kappa shape index (κ3) is 2.29. The number of likely N-dealkylation sites (tertiary alicyclic amines) is 1. The number of carboxylic acid groups (broad SMARTS) is 2. The predicted molar refractivity (Wildman–Crippen MR) is 55.3 cm³/mol. The number of rotatable bonds is 5. The van der Waals surface area contributed by atoms with Crippen LogP contribution < -0.4 is 0 Å². The van der Waals surface area contributed by atoms with Gasteiger partial charge in [-0.3, -0.25) is 18.9 Å².